The van der Waals surface area contributed by atoms with Gasteiger partial charge in [-0.2, -0.15) is 10.1 Å². The smallest absolute Gasteiger partial charge is 0.300 e. The Balaban J connectivity index is 1.19. The van der Waals surface area contributed by atoms with E-state index < -0.39 is 0 Å². The van der Waals surface area contributed by atoms with Gasteiger partial charge in [-0.15, -0.1) is 0 Å². The van der Waals surface area contributed by atoms with Crippen molar-refractivity contribution in [2.75, 3.05) is 49.2 Å². The Bertz CT molecular complexity index is 1170. The topological polar surface area (TPSA) is 83.3 Å². The molecule has 6 rings (SSSR count). The third-order valence-electron chi connectivity index (χ3n) is 6.26. The Kier molecular flexibility index (Phi) is 4.30. The van der Waals surface area contributed by atoms with Crippen molar-refractivity contribution in [2.24, 2.45) is 0 Å². The van der Waals surface area contributed by atoms with Crippen LogP contribution in [-0.2, 0) is 4.74 Å². The van der Waals surface area contributed by atoms with Crippen LogP contribution in [-0.4, -0.2) is 59.6 Å². The van der Waals surface area contributed by atoms with E-state index in [1.807, 2.05) is 12.3 Å². The molecule has 8 nitrogen and oxygen atoms in total. The number of nitrogens with one attached hydrogen (secondary N) is 1. The second-order valence-corrected chi connectivity index (χ2v) is 8.03. The van der Waals surface area contributed by atoms with Crippen molar-refractivity contribution < 1.29 is 9.15 Å². The average Bonchev–Trinajstić information content (AvgIpc) is 3.44. The normalized spacial score (nSPS) is 18.5. The predicted molar refractivity (Wildman–Crippen MR) is 115 cm³/mol. The summed E-state index contributed by atoms with van der Waals surface area (Å²) in [6, 6.07) is 11.1. The molecule has 2 aliphatic heterocycles. The lowest BCUT2D eigenvalue weighted by Crippen LogP contribution is -2.36. The summed E-state index contributed by atoms with van der Waals surface area (Å²) < 4.78 is 11.4. The molecule has 2 aliphatic rings. The second kappa shape index (κ2) is 7.28. The number of fused-ring (bicyclic) bond motifs is 2. The zero-order chi connectivity index (χ0) is 19.9. The van der Waals surface area contributed by atoms with E-state index in [4.69, 9.17) is 9.15 Å². The molecule has 5 heterocycles. The van der Waals surface area contributed by atoms with Gasteiger partial charge in [-0.3, -0.25) is 5.10 Å². The van der Waals surface area contributed by atoms with Crippen molar-refractivity contribution in [1.29, 1.82) is 0 Å². The summed E-state index contributed by atoms with van der Waals surface area (Å²) in [5.41, 5.74) is 4.82. The number of hydrogen-bond acceptors (Lipinski definition) is 7. The molecular formula is C22H24N6O2. The summed E-state index contributed by atoms with van der Waals surface area (Å²) in [6.45, 7) is 4.98. The number of aromatic amines is 1. The Morgan fingerprint density at radius 2 is 1.83 bits per heavy atom. The minimum atomic E-state index is 0.503. The molecule has 4 aromatic rings. The van der Waals surface area contributed by atoms with E-state index in [1.165, 1.54) is 11.1 Å². The number of oxazole rings is 1. The van der Waals surface area contributed by atoms with E-state index in [2.05, 4.69) is 54.2 Å². The van der Waals surface area contributed by atoms with E-state index in [9.17, 15) is 0 Å². The van der Waals surface area contributed by atoms with Gasteiger partial charge < -0.3 is 19.0 Å². The summed E-state index contributed by atoms with van der Waals surface area (Å²) in [5, 5.41) is 8.99. The van der Waals surface area contributed by atoms with Gasteiger partial charge >= 0.3 is 0 Å². The number of anilines is 2. The molecule has 8 heteroatoms. The van der Waals surface area contributed by atoms with Crippen LogP contribution in [0, 0.1) is 0 Å². The van der Waals surface area contributed by atoms with Crippen LogP contribution < -0.4 is 9.80 Å². The van der Waals surface area contributed by atoms with Gasteiger partial charge in [0.25, 0.3) is 6.01 Å². The van der Waals surface area contributed by atoms with Gasteiger partial charge in [0.15, 0.2) is 5.58 Å². The molecule has 0 bridgehead atoms. The maximum Gasteiger partial charge on any atom is 0.300 e. The SMILES string of the molecule is c1ccc2c(C3CCN(c4cnc5nc(N6CCOCC6)oc5c4)CC3)[nH]nc2c1. The van der Waals surface area contributed by atoms with Crippen LogP contribution in [0.5, 0.6) is 0 Å². The maximum absolute atomic E-state index is 6.02. The number of morpholine rings is 1. The number of benzene rings is 1. The molecular weight excluding hydrogens is 380 g/mol. The van der Waals surface area contributed by atoms with Crippen molar-refractivity contribution in [3.05, 3.63) is 42.2 Å². The Morgan fingerprint density at radius 3 is 2.70 bits per heavy atom. The number of aromatic nitrogens is 4. The molecule has 30 heavy (non-hydrogen) atoms. The summed E-state index contributed by atoms with van der Waals surface area (Å²) >= 11 is 0. The van der Waals surface area contributed by atoms with Crippen LogP contribution in [0.4, 0.5) is 11.7 Å². The van der Waals surface area contributed by atoms with Gasteiger partial charge in [0.1, 0.15) is 0 Å². The third-order valence-corrected chi connectivity index (χ3v) is 6.26. The van der Waals surface area contributed by atoms with Gasteiger partial charge in [-0.25, -0.2) is 4.98 Å². The van der Waals surface area contributed by atoms with E-state index in [1.54, 1.807) is 0 Å². The fourth-order valence-electron chi connectivity index (χ4n) is 4.58. The third kappa shape index (κ3) is 3.08. The van der Waals surface area contributed by atoms with E-state index in [-0.39, 0.29) is 0 Å². The van der Waals surface area contributed by atoms with Crippen LogP contribution in [0.2, 0.25) is 0 Å². The number of hydrogen-bond donors (Lipinski definition) is 1. The van der Waals surface area contributed by atoms with Gasteiger partial charge in [-0.1, -0.05) is 18.2 Å². The fraction of sp³-hybridized carbons (Fsp3) is 0.409. The molecule has 0 amide bonds. The molecule has 0 saturated carbocycles. The van der Waals surface area contributed by atoms with Crippen LogP contribution in [0.15, 0.2) is 40.9 Å². The number of para-hydroxylation sites is 1. The second-order valence-electron chi connectivity index (χ2n) is 8.03. The number of pyridine rings is 1. The van der Waals surface area contributed by atoms with Crippen molar-refractivity contribution in [1.82, 2.24) is 20.2 Å². The van der Waals surface area contributed by atoms with Crippen LogP contribution >= 0.6 is 0 Å². The quantitative estimate of drug-likeness (QED) is 0.561. The molecule has 0 radical (unpaired) electrons. The maximum atomic E-state index is 6.02. The van der Waals surface area contributed by atoms with Gasteiger partial charge in [0, 0.05) is 49.2 Å². The van der Waals surface area contributed by atoms with E-state index in [0.717, 1.165) is 55.8 Å². The molecule has 3 aromatic heterocycles. The monoisotopic (exact) mass is 404 g/mol. The van der Waals surface area contributed by atoms with Crippen molar-refractivity contribution in [3.63, 3.8) is 0 Å². The molecule has 154 valence electrons. The standard InChI is InChI=1S/C22H24N6O2/c1-2-4-18-17(3-1)20(26-25-18)15-5-7-27(8-6-15)16-13-19-21(23-14-16)24-22(30-19)28-9-11-29-12-10-28/h1-4,13-15H,5-12H2,(H,25,26). The Hall–Kier alpha value is -3.13. The minimum Gasteiger partial charge on any atom is -0.422 e. The number of nitrogens with zero attached hydrogens (tertiary/aromatic N) is 5. The first kappa shape index (κ1) is 17.7. The lowest BCUT2D eigenvalue weighted by Gasteiger charge is -2.33. The number of rotatable bonds is 3. The molecule has 2 saturated heterocycles. The van der Waals surface area contributed by atoms with Gasteiger partial charge in [0.05, 0.1) is 30.6 Å². The van der Waals surface area contributed by atoms with Crippen molar-refractivity contribution >= 4 is 33.8 Å². The van der Waals surface area contributed by atoms with Crippen molar-refractivity contribution in [3.8, 4) is 0 Å². The number of piperidine rings is 1. The largest absolute Gasteiger partial charge is 0.422 e. The molecule has 1 N–H and O–H groups in total. The van der Waals surface area contributed by atoms with Crippen LogP contribution in [0.25, 0.3) is 22.1 Å². The fourth-order valence-corrected chi connectivity index (χ4v) is 4.58. The van der Waals surface area contributed by atoms with Crippen molar-refractivity contribution in [2.45, 2.75) is 18.8 Å². The summed E-state index contributed by atoms with van der Waals surface area (Å²) in [5.74, 6) is 0.503. The first-order chi connectivity index (χ1) is 14.8. The molecule has 0 atom stereocenters. The first-order valence-electron chi connectivity index (χ1n) is 10.6. The highest BCUT2D eigenvalue weighted by atomic mass is 16.5. The van der Waals surface area contributed by atoms with Gasteiger partial charge in [-0.05, 0) is 18.9 Å². The summed E-state index contributed by atoms with van der Waals surface area (Å²) in [7, 11) is 0. The molecule has 1 aromatic carbocycles. The van der Waals surface area contributed by atoms with Gasteiger partial charge in [0.2, 0.25) is 5.65 Å². The minimum absolute atomic E-state index is 0.503. The highest BCUT2D eigenvalue weighted by Gasteiger charge is 2.25. The molecule has 0 unspecified atom stereocenters. The highest BCUT2D eigenvalue weighted by Crippen LogP contribution is 2.34. The molecule has 0 aliphatic carbocycles. The van der Waals surface area contributed by atoms with Crippen LogP contribution in [0.3, 0.4) is 0 Å². The Labute approximate surface area is 173 Å². The lowest BCUT2D eigenvalue weighted by atomic mass is 9.91. The zero-order valence-corrected chi connectivity index (χ0v) is 16.8. The lowest BCUT2D eigenvalue weighted by molar-refractivity contribution is 0.120. The molecule has 2 fully saturated rings. The summed E-state index contributed by atoms with van der Waals surface area (Å²) in [4.78, 5) is 13.6. The zero-order valence-electron chi connectivity index (χ0n) is 16.8. The molecule has 0 spiro atoms. The number of ether oxygens (including phenoxy) is 1. The first-order valence-corrected chi connectivity index (χ1v) is 10.6. The van der Waals surface area contributed by atoms with Crippen LogP contribution in [0.1, 0.15) is 24.5 Å². The highest BCUT2D eigenvalue weighted by molar-refractivity contribution is 5.81. The predicted octanol–water partition coefficient (Wildman–Crippen LogP) is 3.32. The Morgan fingerprint density at radius 1 is 1.00 bits per heavy atom. The van der Waals surface area contributed by atoms with E-state index >= 15 is 0 Å². The average molecular weight is 404 g/mol. The van der Waals surface area contributed by atoms with E-state index in [0.29, 0.717) is 30.8 Å². The summed E-state index contributed by atoms with van der Waals surface area (Å²) in [6.07, 6.45) is 4.08. The number of H-pyrrole nitrogens is 1.